The van der Waals surface area contributed by atoms with Crippen molar-refractivity contribution in [2.24, 2.45) is 0 Å². The third kappa shape index (κ3) is 6.15. The van der Waals surface area contributed by atoms with E-state index < -0.39 is 11.5 Å². The summed E-state index contributed by atoms with van der Waals surface area (Å²) in [6.07, 6.45) is 0.622. The Balaban J connectivity index is 0.000000199. The van der Waals surface area contributed by atoms with Gasteiger partial charge in [-0.15, -0.1) is 0 Å². The van der Waals surface area contributed by atoms with Crippen molar-refractivity contribution in [2.75, 3.05) is 44.8 Å². The Bertz CT molecular complexity index is 1890. The molecule has 2 aliphatic rings. The second-order valence-corrected chi connectivity index (χ2v) is 10.7. The first-order valence-electron chi connectivity index (χ1n) is 14.8. The highest BCUT2D eigenvalue weighted by molar-refractivity contribution is 6.31. The SMILES string of the molecule is CC[C@H]1C(O)=C(c2nc3ccccc3[nH]2)C(=N)N1c1cc(OC)cc(OC)c1.COc1cc(OC)cc(N2CC(O)=C(C(=O)O)C2=N)c1. The van der Waals surface area contributed by atoms with Crippen LogP contribution in [0.25, 0.3) is 16.6 Å². The molecule has 1 atom stereocenters. The van der Waals surface area contributed by atoms with E-state index in [0.29, 0.717) is 52.2 Å². The number of hydrogen-bond acceptors (Lipinski definition) is 10. The van der Waals surface area contributed by atoms with Crippen molar-refractivity contribution in [3.63, 3.8) is 0 Å². The van der Waals surface area contributed by atoms with Crippen LogP contribution >= 0.6 is 0 Å². The first kappa shape index (κ1) is 33.2. The second-order valence-electron chi connectivity index (χ2n) is 10.7. The molecule has 0 fully saturated rings. The average molecular weight is 657 g/mol. The van der Waals surface area contributed by atoms with E-state index >= 15 is 0 Å². The standard InChI is InChI=1S/C21H22N4O3.C13H14N2O5/c1-4-17-19(26)18(21-23-15-7-5-6-8-16(15)24-21)20(22)25(17)12-9-13(27-2)11-14(10-12)28-3;1-19-8-3-7(4-9(5-8)20-2)15-6-10(16)11(12(15)14)13(17)18/h5-11,17,22,26H,4H2,1-3H3,(H,23,24);3-5,14,16H,6H2,1-2H3,(H,17,18)/t17-;/m0./s1. The highest BCUT2D eigenvalue weighted by Crippen LogP contribution is 2.39. The van der Waals surface area contributed by atoms with Crippen LogP contribution in [-0.4, -0.2) is 84.0 Å². The van der Waals surface area contributed by atoms with Gasteiger partial charge in [-0.3, -0.25) is 10.8 Å². The van der Waals surface area contributed by atoms with Crippen LogP contribution in [0.2, 0.25) is 0 Å². The van der Waals surface area contributed by atoms with Crippen molar-refractivity contribution in [3.8, 4) is 23.0 Å². The summed E-state index contributed by atoms with van der Waals surface area (Å²) in [6.45, 7) is 1.90. The van der Waals surface area contributed by atoms with Crippen molar-refractivity contribution >= 4 is 45.6 Å². The predicted molar refractivity (Wildman–Crippen MR) is 181 cm³/mol. The van der Waals surface area contributed by atoms with E-state index in [9.17, 15) is 15.0 Å². The van der Waals surface area contributed by atoms with Crippen molar-refractivity contribution in [1.29, 1.82) is 10.8 Å². The molecule has 0 saturated carbocycles. The molecule has 6 rings (SSSR count). The van der Waals surface area contributed by atoms with Gasteiger partial charge in [0.15, 0.2) is 0 Å². The number of hydrogen-bond donors (Lipinski definition) is 6. The number of nitrogens with zero attached hydrogens (tertiary/aromatic N) is 3. The minimum atomic E-state index is -1.33. The molecule has 6 N–H and O–H groups in total. The van der Waals surface area contributed by atoms with Gasteiger partial charge in [-0.2, -0.15) is 0 Å². The summed E-state index contributed by atoms with van der Waals surface area (Å²) in [4.78, 5) is 21.9. The Kier molecular flexibility index (Phi) is 9.45. The molecular formula is C34H36N6O8. The number of amidine groups is 2. The number of ether oxygens (including phenoxy) is 4. The molecule has 14 heteroatoms. The van der Waals surface area contributed by atoms with Gasteiger partial charge in [-0.05, 0) is 18.6 Å². The second kappa shape index (κ2) is 13.7. The molecule has 3 aromatic carbocycles. The lowest BCUT2D eigenvalue weighted by Gasteiger charge is -2.27. The molecule has 14 nitrogen and oxygen atoms in total. The summed E-state index contributed by atoms with van der Waals surface area (Å²) in [5, 5.41) is 46.3. The van der Waals surface area contributed by atoms with Gasteiger partial charge in [-0.1, -0.05) is 19.1 Å². The van der Waals surface area contributed by atoms with Crippen LogP contribution in [0.15, 0.2) is 77.8 Å². The van der Waals surface area contributed by atoms with Gasteiger partial charge in [0.2, 0.25) is 0 Å². The lowest BCUT2D eigenvalue weighted by Crippen LogP contribution is -2.35. The highest BCUT2D eigenvalue weighted by Gasteiger charge is 2.39. The fourth-order valence-corrected chi connectivity index (χ4v) is 5.58. The fourth-order valence-electron chi connectivity index (χ4n) is 5.58. The zero-order chi connectivity index (χ0) is 34.7. The summed E-state index contributed by atoms with van der Waals surface area (Å²) in [5.74, 6) is 1.11. The van der Waals surface area contributed by atoms with E-state index in [1.54, 1.807) is 43.4 Å². The van der Waals surface area contributed by atoms with Crippen molar-refractivity contribution in [1.82, 2.24) is 9.97 Å². The number of H-pyrrole nitrogens is 1. The maximum absolute atomic E-state index is 11.0. The number of benzene rings is 3. The number of fused-ring (bicyclic) bond motifs is 1. The average Bonchev–Trinajstić information content (AvgIpc) is 3.73. The predicted octanol–water partition coefficient (Wildman–Crippen LogP) is 5.52. The normalized spacial score (nSPS) is 16.0. The maximum Gasteiger partial charge on any atom is 0.343 e. The van der Waals surface area contributed by atoms with E-state index in [1.807, 2.05) is 43.3 Å². The molecule has 0 radical (unpaired) electrons. The molecule has 0 amide bonds. The summed E-state index contributed by atoms with van der Waals surface area (Å²) < 4.78 is 21.0. The number of aromatic nitrogens is 2. The third-order valence-electron chi connectivity index (χ3n) is 7.95. The fraction of sp³-hybridized carbons (Fsp3) is 0.235. The van der Waals surface area contributed by atoms with Crippen molar-refractivity contribution < 1.29 is 39.1 Å². The number of aliphatic carboxylic acids is 1. The smallest absolute Gasteiger partial charge is 0.343 e. The highest BCUT2D eigenvalue weighted by atomic mass is 16.5. The van der Waals surface area contributed by atoms with E-state index in [-0.39, 0.29) is 35.8 Å². The molecule has 0 aliphatic carbocycles. The molecule has 1 aromatic heterocycles. The number of imidazole rings is 1. The van der Waals surface area contributed by atoms with Gasteiger partial charge in [0.05, 0.1) is 69.0 Å². The number of aliphatic hydroxyl groups excluding tert-OH is 2. The van der Waals surface area contributed by atoms with E-state index in [2.05, 4.69) is 9.97 Å². The molecule has 3 heterocycles. The number of para-hydroxylation sites is 2. The number of carbonyl (C=O) groups is 1. The topological polar surface area (TPSA) is 198 Å². The zero-order valence-corrected chi connectivity index (χ0v) is 27.0. The number of methoxy groups -OCH3 is 4. The third-order valence-corrected chi connectivity index (χ3v) is 7.95. The van der Waals surface area contributed by atoms with E-state index in [4.69, 9.17) is 34.9 Å². The number of aliphatic hydroxyl groups is 2. The molecule has 0 bridgehead atoms. The quantitative estimate of drug-likeness (QED) is 0.133. The molecular weight excluding hydrogens is 620 g/mol. The Labute approximate surface area is 276 Å². The minimum absolute atomic E-state index is 0.0726. The van der Waals surface area contributed by atoms with Gasteiger partial charge in [-0.25, -0.2) is 9.78 Å². The van der Waals surface area contributed by atoms with Crippen LogP contribution in [0.4, 0.5) is 11.4 Å². The number of carboxylic acids is 1. The molecule has 250 valence electrons. The molecule has 48 heavy (non-hydrogen) atoms. The number of aromatic amines is 1. The lowest BCUT2D eigenvalue weighted by atomic mass is 10.1. The monoisotopic (exact) mass is 656 g/mol. The molecule has 0 unspecified atom stereocenters. The molecule has 4 aromatic rings. The summed E-state index contributed by atoms with van der Waals surface area (Å²) in [7, 11) is 6.15. The van der Waals surface area contributed by atoms with Crippen molar-refractivity contribution in [2.45, 2.75) is 19.4 Å². The summed E-state index contributed by atoms with van der Waals surface area (Å²) >= 11 is 0. The van der Waals surface area contributed by atoms with Crippen LogP contribution in [0.3, 0.4) is 0 Å². The zero-order valence-electron chi connectivity index (χ0n) is 27.0. The van der Waals surface area contributed by atoms with Gasteiger partial charge in [0.25, 0.3) is 0 Å². The van der Waals surface area contributed by atoms with Crippen LogP contribution < -0.4 is 28.7 Å². The first-order valence-corrected chi connectivity index (χ1v) is 14.8. The molecule has 2 aliphatic heterocycles. The van der Waals surface area contributed by atoms with Gasteiger partial charge in [0, 0.05) is 36.4 Å². The van der Waals surface area contributed by atoms with Gasteiger partial charge < -0.3 is 49.1 Å². The van der Waals surface area contributed by atoms with Gasteiger partial charge in [0.1, 0.15) is 57.6 Å². The molecule has 0 spiro atoms. The van der Waals surface area contributed by atoms with Crippen LogP contribution in [0.5, 0.6) is 23.0 Å². The Hall–Kier alpha value is -6.18. The molecule has 0 saturated heterocycles. The lowest BCUT2D eigenvalue weighted by molar-refractivity contribution is -0.132. The maximum atomic E-state index is 11.0. The Morgan fingerprint density at radius 2 is 1.42 bits per heavy atom. The van der Waals surface area contributed by atoms with E-state index in [0.717, 1.165) is 11.0 Å². The number of nitrogens with one attached hydrogen (secondary N) is 3. The minimum Gasteiger partial charge on any atom is -0.509 e. The van der Waals surface area contributed by atoms with Gasteiger partial charge >= 0.3 is 5.97 Å². The number of rotatable bonds is 9. The largest absolute Gasteiger partial charge is 0.509 e. The Morgan fingerprint density at radius 1 is 0.875 bits per heavy atom. The Morgan fingerprint density at radius 3 is 1.90 bits per heavy atom. The number of carboxylic acid groups (broad SMARTS) is 1. The first-order chi connectivity index (χ1) is 23.0. The number of anilines is 2. The van der Waals surface area contributed by atoms with E-state index in [1.165, 1.54) is 19.1 Å². The summed E-state index contributed by atoms with van der Waals surface area (Å²) in [6, 6.07) is 17.6. The van der Waals surface area contributed by atoms with Crippen LogP contribution in [-0.2, 0) is 4.79 Å². The van der Waals surface area contributed by atoms with Crippen molar-refractivity contribution in [3.05, 3.63) is 83.6 Å². The summed E-state index contributed by atoms with van der Waals surface area (Å²) in [5.41, 5.74) is 2.89. The van der Waals surface area contributed by atoms with Crippen LogP contribution in [0, 0.1) is 10.8 Å². The van der Waals surface area contributed by atoms with Crippen LogP contribution in [0.1, 0.15) is 19.2 Å².